The molecule has 0 unspecified atom stereocenters. The molecule has 5 atom stereocenters. The summed E-state index contributed by atoms with van der Waals surface area (Å²) in [5.74, 6) is -3.89. The van der Waals surface area contributed by atoms with Crippen LogP contribution < -0.4 is 5.32 Å². The van der Waals surface area contributed by atoms with E-state index in [4.69, 9.17) is 23.7 Å². The summed E-state index contributed by atoms with van der Waals surface area (Å²) in [6.45, 7) is 5.29. The van der Waals surface area contributed by atoms with E-state index >= 15 is 0 Å². The van der Waals surface area contributed by atoms with Crippen LogP contribution in [0.3, 0.4) is 0 Å². The molecule has 0 radical (unpaired) electrons. The van der Waals surface area contributed by atoms with Gasteiger partial charge in [-0.15, -0.1) is 0 Å². The first-order valence-corrected chi connectivity index (χ1v) is 10.1. The maximum atomic E-state index is 12.3. The first-order chi connectivity index (χ1) is 14.4. The number of carbonyl (C=O) groups excluding carboxylic acids is 6. The third-order valence-corrected chi connectivity index (χ3v) is 4.53. The summed E-state index contributed by atoms with van der Waals surface area (Å²) in [5.41, 5.74) is 0. The molecule has 1 N–H and O–H groups in total. The second-order valence-corrected chi connectivity index (χ2v) is 7.63. The Balaban J connectivity index is 3.29. The molecule has 1 heterocycles. The van der Waals surface area contributed by atoms with E-state index < -0.39 is 67.0 Å². The van der Waals surface area contributed by atoms with Crippen LogP contribution in [-0.2, 0) is 52.5 Å². The lowest BCUT2D eigenvalue weighted by Gasteiger charge is -2.44. The molecular formula is C18H25NO11S. The molecule has 31 heavy (non-hydrogen) atoms. The van der Waals surface area contributed by atoms with Crippen molar-refractivity contribution in [2.45, 2.75) is 65.3 Å². The van der Waals surface area contributed by atoms with Crippen LogP contribution in [0.25, 0.3) is 0 Å². The second-order valence-electron chi connectivity index (χ2n) is 6.48. The van der Waals surface area contributed by atoms with Gasteiger partial charge in [0.25, 0.3) is 0 Å². The minimum absolute atomic E-state index is 0.263. The fourth-order valence-corrected chi connectivity index (χ4v) is 3.13. The van der Waals surface area contributed by atoms with Crippen LogP contribution in [0.2, 0.25) is 0 Å². The molecule has 1 saturated heterocycles. The van der Waals surface area contributed by atoms with Gasteiger partial charge in [0, 0.05) is 34.6 Å². The Morgan fingerprint density at radius 1 is 0.806 bits per heavy atom. The summed E-state index contributed by atoms with van der Waals surface area (Å²) < 4.78 is 26.2. The summed E-state index contributed by atoms with van der Waals surface area (Å²) in [6, 6.07) is -1.29. The molecule has 174 valence electrons. The first kappa shape index (κ1) is 26.4. The number of hydrogen-bond acceptors (Lipinski definition) is 12. The van der Waals surface area contributed by atoms with Crippen LogP contribution in [0.15, 0.2) is 0 Å². The summed E-state index contributed by atoms with van der Waals surface area (Å²) in [5, 5.41) is 2.18. The lowest BCUT2D eigenvalue weighted by Crippen LogP contribution is -2.67. The highest BCUT2D eigenvalue weighted by Crippen LogP contribution is 2.28. The predicted octanol–water partition coefficient (Wildman–Crippen LogP) is -0.535. The van der Waals surface area contributed by atoms with Crippen molar-refractivity contribution in [2.75, 3.05) is 12.4 Å². The Hall–Kier alpha value is -2.67. The van der Waals surface area contributed by atoms with Gasteiger partial charge in [-0.05, 0) is 0 Å². The van der Waals surface area contributed by atoms with Crippen molar-refractivity contribution in [3.8, 4) is 0 Å². The largest absolute Gasteiger partial charge is 0.463 e. The summed E-state index contributed by atoms with van der Waals surface area (Å²) >= 11 is 0.731. The van der Waals surface area contributed by atoms with Crippen molar-refractivity contribution in [2.24, 2.45) is 0 Å². The SMILES string of the molecule is CC(=O)OC[C@H]1O[C@@H](OC(C)=O)[C@H](NC(=O)CSC(C)=O)[C@@H](OC(C)=O)[C@H]1OC(C)=O. The molecule has 13 heteroatoms. The number of esters is 4. The topological polar surface area (TPSA) is 161 Å². The van der Waals surface area contributed by atoms with Gasteiger partial charge in [0.15, 0.2) is 17.3 Å². The highest BCUT2D eigenvalue weighted by atomic mass is 32.2. The number of ether oxygens (including phenoxy) is 5. The van der Waals surface area contributed by atoms with Gasteiger partial charge < -0.3 is 29.0 Å². The Morgan fingerprint density at radius 2 is 1.35 bits per heavy atom. The van der Waals surface area contributed by atoms with Gasteiger partial charge >= 0.3 is 23.9 Å². The standard InChI is InChI=1S/C18H25NO11S/c1-8(20)26-6-13-16(27-9(2)21)17(28-10(3)22)15(18(30-13)29-11(4)23)19-14(25)7-31-12(5)24/h13,15-18H,6-7H2,1-5H3,(H,19,25)/t13-,15-,16+,17-,18-/m1/s1. The highest BCUT2D eigenvalue weighted by molar-refractivity contribution is 8.14. The molecular weight excluding hydrogens is 438 g/mol. The molecule has 0 aromatic carbocycles. The van der Waals surface area contributed by atoms with Crippen LogP contribution in [0.1, 0.15) is 34.6 Å². The lowest BCUT2D eigenvalue weighted by atomic mass is 9.96. The molecule has 1 aliphatic rings. The zero-order valence-corrected chi connectivity index (χ0v) is 18.5. The van der Waals surface area contributed by atoms with Crippen LogP contribution in [0.4, 0.5) is 0 Å². The van der Waals surface area contributed by atoms with Crippen molar-refractivity contribution < 1.29 is 52.5 Å². The molecule has 0 aromatic heterocycles. The van der Waals surface area contributed by atoms with E-state index in [1.165, 1.54) is 6.92 Å². The zero-order valence-electron chi connectivity index (χ0n) is 17.7. The Labute approximate surface area is 182 Å². The van der Waals surface area contributed by atoms with Crippen LogP contribution >= 0.6 is 11.8 Å². The maximum absolute atomic E-state index is 12.3. The number of thioether (sulfide) groups is 1. The summed E-state index contributed by atoms with van der Waals surface area (Å²) in [7, 11) is 0. The normalized spacial score (nSPS) is 25.0. The zero-order chi connectivity index (χ0) is 23.7. The highest BCUT2D eigenvalue weighted by Gasteiger charge is 2.52. The van der Waals surface area contributed by atoms with E-state index in [2.05, 4.69) is 5.32 Å². The molecule has 0 bridgehead atoms. The van der Waals surface area contributed by atoms with E-state index in [1.807, 2.05) is 0 Å². The molecule has 0 saturated carbocycles. The van der Waals surface area contributed by atoms with E-state index in [9.17, 15) is 28.8 Å². The van der Waals surface area contributed by atoms with E-state index in [0.29, 0.717) is 0 Å². The average molecular weight is 463 g/mol. The minimum Gasteiger partial charge on any atom is -0.463 e. The van der Waals surface area contributed by atoms with Gasteiger partial charge in [0.05, 0.1) is 5.75 Å². The van der Waals surface area contributed by atoms with Crippen molar-refractivity contribution >= 4 is 46.7 Å². The smallest absolute Gasteiger partial charge is 0.305 e. The number of carbonyl (C=O) groups is 6. The van der Waals surface area contributed by atoms with E-state index in [1.54, 1.807) is 0 Å². The maximum Gasteiger partial charge on any atom is 0.305 e. The third kappa shape index (κ3) is 9.34. The summed E-state index contributed by atoms with van der Waals surface area (Å²) in [6.07, 6.45) is -5.31. The Bertz CT molecular complexity index is 725. The minimum atomic E-state index is -1.47. The fraction of sp³-hybridized carbons (Fsp3) is 0.667. The number of nitrogens with one attached hydrogen (secondary N) is 1. The van der Waals surface area contributed by atoms with Crippen LogP contribution in [-0.4, -0.2) is 77.9 Å². The first-order valence-electron chi connectivity index (χ1n) is 9.14. The fourth-order valence-electron chi connectivity index (χ4n) is 2.71. The van der Waals surface area contributed by atoms with Crippen molar-refractivity contribution in [3.63, 3.8) is 0 Å². The quantitative estimate of drug-likeness (QED) is 0.362. The van der Waals surface area contributed by atoms with Gasteiger partial charge in [-0.1, -0.05) is 11.8 Å². The third-order valence-electron chi connectivity index (χ3n) is 3.72. The molecule has 0 aromatic rings. The van der Waals surface area contributed by atoms with Crippen molar-refractivity contribution in [1.82, 2.24) is 5.32 Å². The van der Waals surface area contributed by atoms with E-state index in [-0.39, 0.29) is 10.9 Å². The molecule has 1 amide bonds. The van der Waals surface area contributed by atoms with Gasteiger partial charge in [-0.25, -0.2) is 0 Å². The average Bonchev–Trinajstić information content (AvgIpc) is 2.62. The monoisotopic (exact) mass is 463 g/mol. The van der Waals surface area contributed by atoms with E-state index in [0.717, 1.165) is 39.5 Å². The Morgan fingerprint density at radius 3 is 1.84 bits per heavy atom. The van der Waals surface area contributed by atoms with Crippen molar-refractivity contribution in [1.29, 1.82) is 0 Å². The molecule has 1 aliphatic heterocycles. The van der Waals surface area contributed by atoms with Gasteiger partial charge in [-0.3, -0.25) is 28.8 Å². The molecule has 1 fully saturated rings. The molecule has 1 rings (SSSR count). The van der Waals surface area contributed by atoms with Crippen LogP contribution in [0.5, 0.6) is 0 Å². The van der Waals surface area contributed by atoms with Gasteiger partial charge in [0.1, 0.15) is 18.8 Å². The predicted molar refractivity (Wildman–Crippen MR) is 103 cm³/mol. The molecule has 12 nitrogen and oxygen atoms in total. The molecule has 0 aliphatic carbocycles. The van der Waals surface area contributed by atoms with Crippen LogP contribution in [0, 0.1) is 0 Å². The number of amides is 1. The lowest BCUT2D eigenvalue weighted by molar-refractivity contribution is -0.270. The van der Waals surface area contributed by atoms with Crippen molar-refractivity contribution in [3.05, 3.63) is 0 Å². The second kappa shape index (κ2) is 12.2. The number of hydrogen-bond donors (Lipinski definition) is 1. The molecule has 0 spiro atoms. The van der Waals surface area contributed by atoms with Gasteiger partial charge in [-0.2, -0.15) is 0 Å². The van der Waals surface area contributed by atoms with Gasteiger partial charge in [0.2, 0.25) is 12.2 Å². The summed E-state index contributed by atoms with van der Waals surface area (Å²) in [4.78, 5) is 69.6. The number of rotatable bonds is 8. The Kier molecular flexibility index (Phi) is 10.4.